The zero-order valence-corrected chi connectivity index (χ0v) is 17.2. The van der Waals surface area contributed by atoms with Gasteiger partial charge in [-0.2, -0.15) is 18.2 Å². The van der Waals surface area contributed by atoms with Crippen LogP contribution in [0.4, 0.5) is 24.8 Å². The topological polar surface area (TPSA) is 80.5 Å². The summed E-state index contributed by atoms with van der Waals surface area (Å²) in [4.78, 5) is 19.4. The molecule has 1 unspecified atom stereocenters. The van der Waals surface area contributed by atoms with Gasteiger partial charge in [0.25, 0.3) is 0 Å². The van der Waals surface area contributed by atoms with Gasteiger partial charge in [-0.05, 0) is 25.1 Å². The van der Waals surface area contributed by atoms with Gasteiger partial charge in [-0.3, -0.25) is 4.40 Å². The smallest absolute Gasteiger partial charge is 0.378 e. The first kappa shape index (κ1) is 20.4. The number of hydrogen-bond donors (Lipinski definition) is 1. The first-order chi connectivity index (χ1) is 15.4. The molecule has 4 aromatic heterocycles. The Balaban J connectivity index is 1.55. The van der Waals surface area contributed by atoms with E-state index in [1.165, 1.54) is 6.07 Å². The molecule has 0 saturated carbocycles. The number of alkyl halides is 3. The van der Waals surface area contributed by atoms with Crippen LogP contribution >= 0.6 is 0 Å². The van der Waals surface area contributed by atoms with Gasteiger partial charge in [0.2, 0.25) is 5.78 Å². The number of morpholine rings is 1. The molecular weight excluding hydrogens is 423 g/mol. The van der Waals surface area contributed by atoms with Crippen molar-refractivity contribution < 1.29 is 17.9 Å². The highest BCUT2D eigenvalue weighted by molar-refractivity contribution is 5.92. The molecule has 0 spiro atoms. The molecule has 5 rings (SSSR count). The van der Waals surface area contributed by atoms with Crippen LogP contribution in [0.15, 0.2) is 42.9 Å². The number of hydrogen-bond acceptors (Lipinski definition) is 7. The summed E-state index contributed by atoms with van der Waals surface area (Å²) in [5.74, 6) is 1.75. The summed E-state index contributed by atoms with van der Waals surface area (Å²) < 4.78 is 46.5. The molecular formula is C21H20F3N7O. The van der Waals surface area contributed by atoms with E-state index >= 15 is 0 Å². The van der Waals surface area contributed by atoms with E-state index in [1.807, 2.05) is 10.5 Å². The van der Waals surface area contributed by atoms with Crippen molar-refractivity contribution in [1.82, 2.24) is 24.3 Å². The van der Waals surface area contributed by atoms with Crippen LogP contribution in [0.5, 0.6) is 0 Å². The monoisotopic (exact) mass is 443 g/mol. The number of rotatable bonds is 4. The molecule has 166 valence electrons. The lowest BCUT2D eigenvalue weighted by Crippen LogP contribution is -2.36. The Morgan fingerprint density at radius 2 is 1.94 bits per heavy atom. The highest BCUT2D eigenvalue weighted by Gasteiger charge is 2.32. The van der Waals surface area contributed by atoms with Crippen molar-refractivity contribution in [3.8, 4) is 0 Å². The minimum absolute atomic E-state index is 0.264. The molecule has 32 heavy (non-hydrogen) atoms. The quantitative estimate of drug-likeness (QED) is 0.515. The van der Waals surface area contributed by atoms with Crippen LogP contribution in [0.3, 0.4) is 0 Å². The minimum atomic E-state index is -4.51. The van der Waals surface area contributed by atoms with Gasteiger partial charge < -0.3 is 15.0 Å². The minimum Gasteiger partial charge on any atom is -0.378 e. The van der Waals surface area contributed by atoms with E-state index < -0.39 is 17.9 Å². The average Bonchev–Trinajstić information content (AvgIpc) is 3.27. The van der Waals surface area contributed by atoms with Crippen molar-refractivity contribution >= 4 is 28.3 Å². The van der Waals surface area contributed by atoms with E-state index in [9.17, 15) is 13.2 Å². The van der Waals surface area contributed by atoms with E-state index in [4.69, 9.17) is 4.74 Å². The summed E-state index contributed by atoms with van der Waals surface area (Å²) in [6.45, 7) is 4.46. The van der Waals surface area contributed by atoms with Gasteiger partial charge >= 0.3 is 6.18 Å². The highest BCUT2D eigenvalue weighted by Crippen LogP contribution is 2.31. The zero-order chi connectivity index (χ0) is 22.3. The van der Waals surface area contributed by atoms with Crippen molar-refractivity contribution in [3.63, 3.8) is 0 Å². The molecule has 1 fully saturated rings. The number of aromatic nitrogens is 5. The molecule has 4 aromatic rings. The predicted octanol–water partition coefficient (Wildman–Crippen LogP) is 3.70. The van der Waals surface area contributed by atoms with Crippen LogP contribution < -0.4 is 10.2 Å². The number of nitrogens with zero attached hydrogens (tertiary/aromatic N) is 6. The normalized spacial score (nSPS) is 15.9. The molecule has 0 amide bonds. The Labute approximate surface area is 181 Å². The summed E-state index contributed by atoms with van der Waals surface area (Å²) in [6, 6.07) is 5.28. The maximum absolute atomic E-state index is 13.1. The molecule has 11 heteroatoms. The number of halogens is 3. The molecule has 1 aliphatic rings. The number of pyridine rings is 2. The van der Waals surface area contributed by atoms with Crippen LogP contribution in [-0.2, 0) is 10.9 Å². The molecule has 0 aromatic carbocycles. The van der Waals surface area contributed by atoms with Crippen molar-refractivity contribution in [2.75, 3.05) is 36.5 Å². The Kier molecular flexibility index (Phi) is 5.04. The molecule has 0 aliphatic carbocycles. The lowest BCUT2D eigenvalue weighted by atomic mass is 10.2. The Bertz CT molecular complexity index is 1270. The third-order valence-electron chi connectivity index (χ3n) is 5.41. The standard InChI is InChI=1S/C21H20F3N7O/c1-13(15-3-2-4-17(28-15)21(22,23)24)27-19-14-11-18(30-7-9-32-10-8-30)26-12-16(14)31-6-5-25-20(31)29-19/h2-6,11-13H,7-10H2,1H3,(H,25,27,29). The number of imidazole rings is 1. The van der Waals surface area contributed by atoms with Gasteiger partial charge in [-0.1, -0.05) is 6.07 Å². The zero-order valence-electron chi connectivity index (χ0n) is 17.2. The first-order valence-electron chi connectivity index (χ1n) is 10.2. The third kappa shape index (κ3) is 3.79. The molecule has 0 radical (unpaired) electrons. The second kappa shape index (κ2) is 7.90. The van der Waals surface area contributed by atoms with Crippen molar-refractivity contribution in [1.29, 1.82) is 0 Å². The number of anilines is 2. The molecule has 1 N–H and O–H groups in total. The Hall–Kier alpha value is -3.47. The van der Waals surface area contributed by atoms with E-state index in [0.29, 0.717) is 24.8 Å². The van der Waals surface area contributed by atoms with Gasteiger partial charge in [-0.15, -0.1) is 0 Å². The van der Waals surface area contributed by atoms with E-state index in [2.05, 4.69) is 30.2 Å². The van der Waals surface area contributed by atoms with Crippen LogP contribution in [0.1, 0.15) is 24.4 Å². The second-order valence-corrected chi connectivity index (χ2v) is 7.53. The maximum Gasteiger partial charge on any atom is 0.433 e. The third-order valence-corrected chi connectivity index (χ3v) is 5.41. The highest BCUT2D eigenvalue weighted by atomic mass is 19.4. The van der Waals surface area contributed by atoms with Gasteiger partial charge in [0, 0.05) is 30.9 Å². The lowest BCUT2D eigenvalue weighted by molar-refractivity contribution is -0.141. The molecule has 5 heterocycles. The Morgan fingerprint density at radius 1 is 1.12 bits per heavy atom. The Morgan fingerprint density at radius 3 is 2.72 bits per heavy atom. The van der Waals surface area contributed by atoms with Crippen molar-refractivity contribution in [2.45, 2.75) is 19.1 Å². The van der Waals surface area contributed by atoms with Crippen molar-refractivity contribution in [2.24, 2.45) is 0 Å². The number of fused-ring (bicyclic) bond motifs is 3. The van der Waals surface area contributed by atoms with Gasteiger partial charge in [0.1, 0.15) is 17.3 Å². The van der Waals surface area contributed by atoms with Crippen LogP contribution in [0, 0.1) is 0 Å². The number of ether oxygens (including phenoxy) is 1. The van der Waals surface area contributed by atoms with Crippen LogP contribution in [-0.4, -0.2) is 50.6 Å². The summed E-state index contributed by atoms with van der Waals surface area (Å²) in [7, 11) is 0. The molecule has 1 atom stereocenters. The average molecular weight is 443 g/mol. The van der Waals surface area contributed by atoms with E-state index in [0.717, 1.165) is 35.9 Å². The maximum atomic E-state index is 13.1. The fourth-order valence-electron chi connectivity index (χ4n) is 3.75. The summed E-state index contributed by atoms with van der Waals surface area (Å²) in [6.07, 6.45) is 0.685. The summed E-state index contributed by atoms with van der Waals surface area (Å²) >= 11 is 0. The molecule has 1 saturated heterocycles. The fraction of sp³-hybridized carbons (Fsp3) is 0.333. The van der Waals surface area contributed by atoms with Gasteiger partial charge in [0.15, 0.2) is 0 Å². The lowest BCUT2D eigenvalue weighted by Gasteiger charge is -2.28. The van der Waals surface area contributed by atoms with Crippen molar-refractivity contribution in [3.05, 3.63) is 54.2 Å². The van der Waals surface area contributed by atoms with E-state index in [1.54, 1.807) is 31.6 Å². The van der Waals surface area contributed by atoms with Crippen LogP contribution in [0.25, 0.3) is 16.7 Å². The van der Waals surface area contributed by atoms with Gasteiger partial charge in [0.05, 0.1) is 36.7 Å². The predicted molar refractivity (Wildman–Crippen MR) is 113 cm³/mol. The van der Waals surface area contributed by atoms with E-state index in [-0.39, 0.29) is 5.69 Å². The number of nitrogens with one attached hydrogen (secondary N) is 1. The second-order valence-electron chi connectivity index (χ2n) is 7.53. The van der Waals surface area contributed by atoms with Crippen LogP contribution in [0.2, 0.25) is 0 Å². The fourth-order valence-corrected chi connectivity index (χ4v) is 3.75. The van der Waals surface area contributed by atoms with Gasteiger partial charge in [-0.25, -0.2) is 15.0 Å². The molecule has 0 bridgehead atoms. The molecule has 8 nitrogen and oxygen atoms in total. The summed E-state index contributed by atoms with van der Waals surface area (Å²) in [5, 5.41) is 4.01. The summed E-state index contributed by atoms with van der Waals surface area (Å²) in [5.41, 5.74) is 0.126. The SMILES string of the molecule is CC(Nc1nc2nccn2c2cnc(N3CCOCC3)cc12)c1cccc(C(F)(F)F)n1. The first-order valence-corrected chi connectivity index (χ1v) is 10.2. The largest absolute Gasteiger partial charge is 0.433 e. The molecule has 1 aliphatic heterocycles.